The number of carbonyl (C=O) groups is 3. The number of ether oxygens (including phenoxy) is 1. The molecule has 0 atom stereocenters. The van der Waals surface area contributed by atoms with Gasteiger partial charge < -0.3 is 15.0 Å². The van der Waals surface area contributed by atoms with E-state index in [2.05, 4.69) is 21.2 Å². The predicted octanol–water partition coefficient (Wildman–Crippen LogP) is 2.12. The van der Waals surface area contributed by atoms with Crippen molar-refractivity contribution in [3.05, 3.63) is 34.3 Å². The van der Waals surface area contributed by atoms with Crippen molar-refractivity contribution in [2.24, 2.45) is 5.92 Å². The highest BCUT2D eigenvalue weighted by atomic mass is 79.9. The number of halogens is 1. The second-order valence-electron chi connectivity index (χ2n) is 6.52. The summed E-state index contributed by atoms with van der Waals surface area (Å²) in [6, 6.07) is 7.50. The molecule has 25 heavy (non-hydrogen) atoms. The Balaban J connectivity index is 1.42. The fraction of sp³-hybridized carbons (Fsp3) is 0.500. The van der Waals surface area contributed by atoms with E-state index in [0.717, 1.165) is 17.3 Å². The molecule has 1 heterocycles. The Morgan fingerprint density at radius 3 is 2.32 bits per heavy atom. The minimum atomic E-state index is -0.346. The first-order valence-electron chi connectivity index (χ1n) is 8.54. The number of esters is 1. The van der Waals surface area contributed by atoms with Gasteiger partial charge in [0.2, 0.25) is 0 Å². The van der Waals surface area contributed by atoms with Crippen LogP contribution >= 0.6 is 15.9 Å². The number of nitrogens with one attached hydrogen (secondary N) is 1. The van der Waals surface area contributed by atoms with Gasteiger partial charge in [-0.3, -0.25) is 14.4 Å². The number of benzene rings is 1. The lowest BCUT2D eigenvalue weighted by Gasteiger charge is -2.31. The number of hydrogen-bond donors (Lipinski definition) is 1. The largest absolute Gasteiger partial charge is 0.455 e. The van der Waals surface area contributed by atoms with Crippen molar-refractivity contribution in [3.8, 4) is 0 Å². The molecule has 1 aliphatic heterocycles. The van der Waals surface area contributed by atoms with E-state index in [4.69, 9.17) is 4.74 Å². The first-order chi connectivity index (χ1) is 12.0. The Labute approximate surface area is 155 Å². The lowest BCUT2D eigenvalue weighted by molar-refractivity contribution is -0.153. The van der Waals surface area contributed by atoms with E-state index in [1.807, 2.05) is 12.1 Å². The van der Waals surface area contributed by atoms with Crippen LogP contribution in [-0.2, 0) is 14.3 Å². The van der Waals surface area contributed by atoms with Crippen LogP contribution < -0.4 is 5.32 Å². The van der Waals surface area contributed by atoms with Gasteiger partial charge in [-0.05, 0) is 49.9 Å². The van der Waals surface area contributed by atoms with Gasteiger partial charge in [-0.25, -0.2) is 0 Å². The Kier molecular flexibility index (Phi) is 5.73. The molecule has 0 spiro atoms. The molecular weight excluding hydrogens is 388 g/mol. The summed E-state index contributed by atoms with van der Waals surface area (Å²) in [5.41, 5.74) is 0.640. The van der Waals surface area contributed by atoms with Crippen molar-refractivity contribution in [1.82, 2.24) is 10.2 Å². The van der Waals surface area contributed by atoms with Crippen molar-refractivity contribution >= 4 is 33.7 Å². The average Bonchev–Trinajstić information content (AvgIpc) is 3.44. The van der Waals surface area contributed by atoms with E-state index in [1.54, 1.807) is 17.0 Å². The smallest absolute Gasteiger partial charge is 0.309 e. The van der Waals surface area contributed by atoms with E-state index in [-0.39, 0.29) is 36.4 Å². The number of nitrogens with zero attached hydrogens (tertiary/aromatic N) is 1. The lowest BCUT2D eigenvalue weighted by atomic mass is 9.96. The highest BCUT2D eigenvalue weighted by Gasteiger charge is 2.29. The SMILES string of the molecule is O=C(COC(=O)C1CCN(C(=O)c2ccc(Br)cc2)CC1)NC1CC1. The van der Waals surface area contributed by atoms with Gasteiger partial charge >= 0.3 is 5.97 Å². The molecule has 1 aliphatic carbocycles. The molecule has 1 saturated heterocycles. The van der Waals surface area contributed by atoms with Gasteiger partial charge in [0.15, 0.2) is 6.61 Å². The van der Waals surface area contributed by atoms with Crippen LogP contribution in [0.15, 0.2) is 28.7 Å². The average molecular weight is 409 g/mol. The van der Waals surface area contributed by atoms with Gasteiger partial charge in [0.25, 0.3) is 11.8 Å². The third-order valence-corrected chi connectivity index (χ3v) is 5.02. The van der Waals surface area contributed by atoms with Crippen LogP contribution in [0.25, 0.3) is 0 Å². The lowest BCUT2D eigenvalue weighted by Crippen LogP contribution is -2.41. The van der Waals surface area contributed by atoms with Gasteiger partial charge in [0, 0.05) is 29.2 Å². The molecule has 134 valence electrons. The maximum Gasteiger partial charge on any atom is 0.309 e. The molecule has 1 aromatic rings. The summed E-state index contributed by atoms with van der Waals surface area (Å²) < 4.78 is 6.03. The summed E-state index contributed by atoms with van der Waals surface area (Å²) in [7, 11) is 0. The number of carbonyl (C=O) groups excluding carboxylic acids is 3. The predicted molar refractivity (Wildman–Crippen MR) is 94.9 cm³/mol. The van der Waals surface area contributed by atoms with Gasteiger partial charge in [-0.2, -0.15) is 0 Å². The maximum absolute atomic E-state index is 12.5. The zero-order valence-corrected chi connectivity index (χ0v) is 15.5. The highest BCUT2D eigenvalue weighted by molar-refractivity contribution is 9.10. The Bertz CT molecular complexity index is 650. The Morgan fingerprint density at radius 1 is 1.08 bits per heavy atom. The van der Waals surface area contributed by atoms with Crippen LogP contribution in [0.4, 0.5) is 0 Å². The van der Waals surface area contributed by atoms with E-state index in [0.29, 0.717) is 31.5 Å². The summed E-state index contributed by atoms with van der Waals surface area (Å²) >= 11 is 3.35. The molecule has 1 aromatic carbocycles. The summed E-state index contributed by atoms with van der Waals surface area (Å²) in [6.45, 7) is 0.819. The molecule has 6 nitrogen and oxygen atoms in total. The minimum absolute atomic E-state index is 0.0249. The van der Waals surface area contributed by atoms with Crippen LogP contribution in [0.5, 0.6) is 0 Å². The van der Waals surface area contributed by atoms with Crippen LogP contribution in [0, 0.1) is 5.92 Å². The molecule has 0 radical (unpaired) electrons. The monoisotopic (exact) mass is 408 g/mol. The number of likely N-dealkylation sites (tertiary alicyclic amines) is 1. The van der Waals surface area contributed by atoms with Crippen molar-refractivity contribution in [2.45, 2.75) is 31.7 Å². The Morgan fingerprint density at radius 2 is 1.72 bits per heavy atom. The number of hydrogen-bond acceptors (Lipinski definition) is 4. The molecule has 2 aliphatic rings. The van der Waals surface area contributed by atoms with Crippen molar-refractivity contribution < 1.29 is 19.1 Å². The third-order valence-electron chi connectivity index (χ3n) is 4.49. The standard InChI is InChI=1S/C18H21BrN2O4/c19-14-3-1-12(2-4-14)17(23)21-9-7-13(8-10-21)18(24)25-11-16(22)20-15-5-6-15/h1-4,13,15H,5-11H2,(H,20,22). The normalized spacial score (nSPS) is 17.9. The van der Waals surface area contributed by atoms with Crippen LogP contribution in [-0.4, -0.2) is 48.4 Å². The molecule has 0 aromatic heterocycles. The molecule has 1 saturated carbocycles. The first-order valence-corrected chi connectivity index (χ1v) is 9.33. The van der Waals surface area contributed by atoms with Crippen LogP contribution in [0.1, 0.15) is 36.0 Å². The van der Waals surface area contributed by atoms with Crippen molar-refractivity contribution in [1.29, 1.82) is 0 Å². The summed E-state index contributed by atoms with van der Waals surface area (Å²) in [4.78, 5) is 37.8. The molecule has 3 rings (SSSR count). The minimum Gasteiger partial charge on any atom is -0.455 e. The fourth-order valence-electron chi connectivity index (χ4n) is 2.84. The van der Waals surface area contributed by atoms with Gasteiger partial charge in [0.1, 0.15) is 0 Å². The zero-order chi connectivity index (χ0) is 17.8. The molecular formula is C18H21BrN2O4. The summed E-state index contributed by atoms with van der Waals surface area (Å²) in [5, 5.41) is 2.78. The molecule has 7 heteroatoms. The second-order valence-corrected chi connectivity index (χ2v) is 7.44. The number of piperidine rings is 1. The molecule has 2 fully saturated rings. The van der Waals surface area contributed by atoms with Gasteiger partial charge in [-0.15, -0.1) is 0 Å². The third kappa shape index (κ3) is 5.04. The van der Waals surface area contributed by atoms with E-state index < -0.39 is 0 Å². The number of amides is 2. The molecule has 0 unspecified atom stereocenters. The zero-order valence-electron chi connectivity index (χ0n) is 13.9. The van der Waals surface area contributed by atoms with Crippen LogP contribution in [0.3, 0.4) is 0 Å². The van der Waals surface area contributed by atoms with Crippen molar-refractivity contribution in [3.63, 3.8) is 0 Å². The first kappa shape index (κ1) is 17.9. The van der Waals surface area contributed by atoms with E-state index >= 15 is 0 Å². The molecule has 1 N–H and O–H groups in total. The quantitative estimate of drug-likeness (QED) is 0.757. The van der Waals surface area contributed by atoms with Gasteiger partial charge in [-0.1, -0.05) is 15.9 Å². The van der Waals surface area contributed by atoms with Gasteiger partial charge in [0.05, 0.1) is 5.92 Å². The number of rotatable bonds is 5. The molecule has 0 bridgehead atoms. The maximum atomic E-state index is 12.5. The second kappa shape index (κ2) is 7.99. The van der Waals surface area contributed by atoms with Crippen LogP contribution in [0.2, 0.25) is 0 Å². The molecule has 2 amide bonds. The van der Waals surface area contributed by atoms with E-state index in [1.165, 1.54) is 0 Å². The van der Waals surface area contributed by atoms with Crippen molar-refractivity contribution in [2.75, 3.05) is 19.7 Å². The topological polar surface area (TPSA) is 75.7 Å². The fourth-order valence-corrected chi connectivity index (χ4v) is 3.11. The summed E-state index contributed by atoms with van der Waals surface area (Å²) in [5.74, 6) is -0.855. The Hall–Kier alpha value is -1.89. The summed E-state index contributed by atoms with van der Waals surface area (Å²) in [6.07, 6.45) is 3.13. The van der Waals surface area contributed by atoms with E-state index in [9.17, 15) is 14.4 Å². The highest BCUT2D eigenvalue weighted by Crippen LogP contribution is 2.21.